The van der Waals surface area contributed by atoms with Gasteiger partial charge in [-0.1, -0.05) is 18.2 Å². The first-order chi connectivity index (χ1) is 10.9. The number of para-hydroxylation sites is 1. The zero-order chi connectivity index (χ0) is 16.4. The van der Waals surface area contributed by atoms with E-state index in [1.807, 2.05) is 18.2 Å². The number of benzene rings is 1. The third-order valence-corrected chi connectivity index (χ3v) is 5.50. The number of sulfonamides is 1. The molecule has 2 heterocycles. The number of nitrogens with zero attached hydrogens (tertiary/aromatic N) is 2. The standard InChI is InChI=1S/C16H23N3O3S/c17-23(21,22)12-13-9-16(20)19(10-13)11-14-5-1-2-6-15(14)18-7-3-4-8-18/h1-2,5-6,13H,3-4,7-12H2,(H2,17,21,22). The molecule has 0 spiro atoms. The second-order valence-electron chi connectivity index (χ2n) is 6.50. The van der Waals surface area contributed by atoms with E-state index in [1.165, 1.54) is 18.5 Å². The van der Waals surface area contributed by atoms with Crippen molar-refractivity contribution in [1.29, 1.82) is 0 Å². The third-order valence-electron chi connectivity index (χ3n) is 4.56. The number of primary sulfonamides is 1. The monoisotopic (exact) mass is 337 g/mol. The van der Waals surface area contributed by atoms with E-state index in [-0.39, 0.29) is 24.0 Å². The Morgan fingerprint density at radius 1 is 1.17 bits per heavy atom. The molecule has 1 unspecified atom stereocenters. The molecule has 2 saturated heterocycles. The maximum Gasteiger partial charge on any atom is 0.223 e. The number of anilines is 1. The van der Waals surface area contributed by atoms with Gasteiger partial charge in [-0.2, -0.15) is 0 Å². The Kier molecular flexibility index (Phi) is 4.59. The summed E-state index contributed by atoms with van der Waals surface area (Å²) in [6.07, 6.45) is 2.67. The molecule has 0 bridgehead atoms. The smallest absolute Gasteiger partial charge is 0.223 e. The summed E-state index contributed by atoms with van der Waals surface area (Å²) < 4.78 is 22.5. The number of carbonyl (C=O) groups is 1. The molecule has 6 nitrogen and oxygen atoms in total. The molecule has 23 heavy (non-hydrogen) atoms. The Bertz CT molecular complexity index is 684. The zero-order valence-corrected chi connectivity index (χ0v) is 14.0. The van der Waals surface area contributed by atoms with Crippen LogP contribution in [0.1, 0.15) is 24.8 Å². The average Bonchev–Trinajstić information content (AvgIpc) is 3.09. The van der Waals surface area contributed by atoms with Crippen LogP contribution in [0, 0.1) is 5.92 Å². The number of rotatable bonds is 5. The van der Waals surface area contributed by atoms with Crippen LogP contribution in [0.25, 0.3) is 0 Å². The summed E-state index contributed by atoms with van der Waals surface area (Å²) in [5, 5.41) is 5.10. The lowest BCUT2D eigenvalue weighted by molar-refractivity contribution is -0.128. The lowest BCUT2D eigenvalue weighted by atomic mass is 10.1. The Morgan fingerprint density at radius 2 is 1.87 bits per heavy atom. The molecule has 1 amide bonds. The molecule has 2 aliphatic rings. The molecule has 7 heteroatoms. The molecule has 1 aromatic rings. The van der Waals surface area contributed by atoms with Crippen LogP contribution in [0.3, 0.4) is 0 Å². The van der Waals surface area contributed by atoms with Gasteiger partial charge in [0.1, 0.15) is 0 Å². The van der Waals surface area contributed by atoms with Crippen molar-refractivity contribution in [3.8, 4) is 0 Å². The number of hydrogen-bond acceptors (Lipinski definition) is 4. The summed E-state index contributed by atoms with van der Waals surface area (Å²) in [5.41, 5.74) is 2.31. The van der Waals surface area contributed by atoms with Crippen molar-refractivity contribution in [2.75, 3.05) is 30.3 Å². The number of carbonyl (C=O) groups excluding carboxylic acids is 1. The fourth-order valence-corrected chi connectivity index (χ4v) is 4.44. The van der Waals surface area contributed by atoms with Crippen LogP contribution in [0.5, 0.6) is 0 Å². The lowest BCUT2D eigenvalue weighted by Gasteiger charge is -2.24. The van der Waals surface area contributed by atoms with E-state index in [1.54, 1.807) is 4.90 Å². The average molecular weight is 337 g/mol. The van der Waals surface area contributed by atoms with Gasteiger partial charge in [0.25, 0.3) is 0 Å². The predicted molar refractivity (Wildman–Crippen MR) is 89.4 cm³/mol. The summed E-state index contributed by atoms with van der Waals surface area (Å²) >= 11 is 0. The number of likely N-dealkylation sites (tertiary alicyclic amines) is 1. The molecule has 0 aliphatic carbocycles. The Morgan fingerprint density at radius 3 is 2.57 bits per heavy atom. The highest BCUT2D eigenvalue weighted by atomic mass is 32.2. The first kappa shape index (κ1) is 16.3. The van der Waals surface area contributed by atoms with Gasteiger partial charge in [0.05, 0.1) is 5.75 Å². The van der Waals surface area contributed by atoms with Crippen molar-refractivity contribution in [1.82, 2.24) is 4.90 Å². The fourth-order valence-electron chi connectivity index (χ4n) is 3.56. The van der Waals surface area contributed by atoms with Crippen molar-refractivity contribution in [3.63, 3.8) is 0 Å². The highest BCUT2D eigenvalue weighted by Crippen LogP contribution is 2.28. The number of nitrogens with two attached hydrogens (primary N) is 1. The van der Waals surface area contributed by atoms with E-state index in [4.69, 9.17) is 5.14 Å². The quantitative estimate of drug-likeness (QED) is 0.866. The molecule has 1 atom stereocenters. The molecular weight excluding hydrogens is 314 g/mol. The maximum atomic E-state index is 12.2. The predicted octanol–water partition coefficient (Wildman–Crippen LogP) is 0.924. The molecule has 0 radical (unpaired) electrons. The molecule has 1 aromatic carbocycles. The summed E-state index contributed by atoms with van der Waals surface area (Å²) in [6, 6.07) is 8.15. The van der Waals surface area contributed by atoms with Crippen LogP contribution in [0.4, 0.5) is 5.69 Å². The summed E-state index contributed by atoms with van der Waals surface area (Å²) in [4.78, 5) is 16.3. The van der Waals surface area contributed by atoms with Gasteiger partial charge in [-0.25, -0.2) is 13.6 Å². The molecule has 3 rings (SSSR count). The normalized spacial score (nSPS) is 22.1. The number of amides is 1. The van der Waals surface area contributed by atoms with Crippen molar-refractivity contribution in [2.24, 2.45) is 11.1 Å². The second kappa shape index (κ2) is 6.49. The number of hydrogen-bond donors (Lipinski definition) is 1. The third kappa shape index (κ3) is 4.03. The van der Waals surface area contributed by atoms with E-state index in [2.05, 4.69) is 11.0 Å². The molecule has 0 saturated carbocycles. The molecule has 2 aliphatic heterocycles. The molecular formula is C16H23N3O3S. The molecule has 126 valence electrons. The minimum atomic E-state index is -3.54. The Balaban J connectivity index is 1.71. The van der Waals surface area contributed by atoms with Crippen LogP contribution >= 0.6 is 0 Å². The lowest BCUT2D eigenvalue weighted by Crippen LogP contribution is -2.28. The first-order valence-electron chi connectivity index (χ1n) is 8.03. The maximum absolute atomic E-state index is 12.2. The highest BCUT2D eigenvalue weighted by Gasteiger charge is 2.32. The van der Waals surface area contributed by atoms with Gasteiger partial charge >= 0.3 is 0 Å². The largest absolute Gasteiger partial charge is 0.371 e. The van der Waals surface area contributed by atoms with Crippen LogP contribution in [-0.2, 0) is 21.4 Å². The van der Waals surface area contributed by atoms with Crippen LogP contribution in [0.2, 0.25) is 0 Å². The van der Waals surface area contributed by atoms with E-state index < -0.39 is 10.0 Å². The van der Waals surface area contributed by atoms with Gasteiger partial charge in [0.2, 0.25) is 15.9 Å². The van der Waals surface area contributed by atoms with Crippen molar-refractivity contribution < 1.29 is 13.2 Å². The molecule has 2 N–H and O–H groups in total. The van der Waals surface area contributed by atoms with Gasteiger partial charge in [0.15, 0.2) is 0 Å². The summed E-state index contributed by atoms with van der Waals surface area (Å²) in [5.74, 6) is -0.311. The van der Waals surface area contributed by atoms with Crippen LogP contribution in [-0.4, -0.2) is 44.6 Å². The van der Waals surface area contributed by atoms with Gasteiger partial charge in [-0.05, 0) is 24.5 Å². The first-order valence-corrected chi connectivity index (χ1v) is 9.75. The highest BCUT2D eigenvalue weighted by molar-refractivity contribution is 7.89. The summed E-state index contributed by atoms with van der Waals surface area (Å²) in [7, 11) is -3.54. The van der Waals surface area contributed by atoms with E-state index in [0.29, 0.717) is 13.1 Å². The van der Waals surface area contributed by atoms with Crippen molar-refractivity contribution >= 4 is 21.6 Å². The topological polar surface area (TPSA) is 83.7 Å². The van der Waals surface area contributed by atoms with Crippen LogP contribution in [0.15, 0.2) is 24.3 Å². The van der Waals surface area contributed by atoms with Crippen LogP contribution < -0.4 is 10.0 Å². The zero-order valence-electron chi connectivity index (χ0n) is 13.1. The SMILES string of the molecule is NS(=O)(=O)CC1CC(=O)N(Cc2ccccc2N2CCCC2)C1. The van der Waals surface area contributed by atoms with Gasteiger partial charge in [-0.15, -0.1) is 0 Å². The van der Waals surface area contributed by atoms with E-state index in [9.17, 15) is 13.2 Å². The minimum Gasteiger partial charge on any atom is -0.371 e. The van der Waals surface area contributed by atoms with Crippen molar-refractivity contribution in [3.05, 3.63) is 29.8 Å². The Hall–Kier alpha value is -1.60. The van der Waals surface area contributed by atoms with Gasteiger partial charge in [-0.3, -0.25) is 4.79 Å². The fraction of sp³-hybridized carbons (Fsp3) is 0.562. The Labute approximate surface area is 137 Å². The van der Waals surface area contributed by atoms with Gasteiger partial charge in [0, 0.05) is 44.2 Å². The van der Waals surface area contributed by atoms with Gasteiger partial charge < -0.3 is 9.80 Å². The molecule has 0 aromatic heterocycles. The van der Waals surface area contributed by atoms with E-state index in [0.717, 1.165) is 18.7 Å². The second-order valence-corrected chi connectivity index (χ2v) is 8.16. The van der Waals surface area contributed by atoms with E-state index >= 15 is 0 Å². The van der Waals surface area contributed by atoms with Crippen molar-refractivity contribution in [2.45, 2.75) is 25.8 Å². The summed E-state index contributed by atoms with van der Waals surface area (Å²) in [6.45, 7) is 3.11. The minimum absolute atomic E-state index is 0.00914. The molecule has 2 fully saturated rings.